The van der Waals surface area contributed by atoms with Gasteiger partial charge in [0, 0.05) is 6.61 Å². The fraction of sp³-hybridized carbons (Fsp3) is 0.500. The van der Waals surface area contributed by atoms with Gasteiger partial charge in [-0.05, 0) is 19.4 Å². The third kappa shape index (κ3) is 4.85. The summed E-state index contributed by atoms with van der Waals surface area (Å²) < 4.78 is 10.7. The summed E-state index contributed by atoms with van der Waals surface area (Å²) in [6.45, 7) is 5.07. The van der Waals surface area contributed by atoms with Crippen molar-refractivity contribution in [3.05, 3.63) is 35.9 Å². The second-order valence-electron chi connectivity index (χ2n) is 4.10. The van der Waals surface area contributed by atoms with Gasteiger partial charge in [0.1, 0.15) is 5.92 Å². The molecule has 4 heteroatoms. The van der Waals surface area contributed by atoms with Gasteiger partial charge in [0.05, 0.1) is 19.3 Å². The van der Waals surface area contributed by atoms with E-state index in [0.29, 0.717) is 13.2 Å². The van der Waals surface area contributed by atoms with E-state index in [-0.39, 0.29) is 12.7 Å². The number of ether oxygens (including phenoxy) is 2. The van der Waals surface area contributed by atoms with E-state index in [2.05, 4.69) is 0 Å². The average Bonchev–Trinajstić information content (AvgIpc) is 2.37. The molecule has 18 heavy (non-hydrogen) atoms. The molecule has 1 aromatic rings. The Morgan fingerprint density at radius 3 is 2.50 bits per heavy atom. The second-order valence-corrected chi connectivity index (χ2v) is 4.10. The van der Waals surface area contributed by atoms with Crippen LogP contribution in [0, 0.1) is 0 Å². The van der Waals surface area contributed by atoms with Crippen LogP contribution in [0.2, 0.25) is 0 Å². The van der Waals surface area contributed by atoms with Gasteiger partial charge < -0.3 is 14.6 Å². The summed E-state index contributed by atoms with van der Waals surface area (Å²) in [5.41, 5.74) is 0.758. The van der Waals surface area contributed by atoms with Crippen molar-refractivity contribution in [2.45, 2.75) is 25.9 Å². The number of carboxylic acid groups (broad SMARTS) is 1. The van der Waals surface area contributed by atoms with Gasteiger partial charge in [-0.2, -0.15) is 0 Å². The minimum Gasteiger partial charge on any atom is -0.481 e. The van der Waals surface area contributed by atoms with E-state index < -0.39 is 11.9 Å². The predicted octanol–water partition coefficient (Wildman–Crippen LogP) is 2.30. The zero-order valence-corrected chi connectivity index (χ0v) is 10.8. The monoisotopic (exact) mass is 252 g/mol. The minimum absolute atomic E-state index is 0.101. The molecular weight excluding hydrogens is 232 g/mol. The highest BCUT2D eigenvalue weighted by Gasteiger charge is 2.20. The van der Waals surface area contributed by atoms with Crippen molar-refractivity contribution in [2.75, 3.05) is 19.8 Å². The standard InChI is InChI=1S/C14H20O4/c1-3-17-9-11(2)18-10-13(14(15)16)12-7-5-4-6-8-12/h4-8,11,13H,3,9-10H2,1-2H3,(H,15,16). The molecule has 0 aliphatic carbocycles. The number of aliphatic carboxylic acids is 1. The van der Waals surface area contributed by atoms with Gasteiger partial charge in [-0.3, -0.25) is 4.79 Å². The molecule has 0 radical (unpaired) electrons. The molecule has 0 heterocycles. The number of rotatable bonds is 8. The van der Waals surface area contributed by atoms with Crippen LogP contribution in [0.3, 0.4) is 0 Å². The Morgan fingerprint density at radius 2 is 1.94 bits per heavy atom. The maximum Gasteiger partial charge on any atom is 0.313 e. The van der Waals surface area contributed by atoms with E-state index in [0.717, 1.165) is 5.56 Å². The van der Waals surface area contributed by atoms with Gasteiger partial charge in [0.2, 0.25) is 0 Å². The number of hydrogen-bond acceptors (Lipinski definition) is 3. The zero-order chi connectivity index (χ0) is 13.4. The van der Waals surface area contributed by atoms with Crippen molar-refractivity contribution in [3.63, 3.8) is 0 Å². The lowest BCUT2D eigenvalue weighted by atomic mass is 10.0. The normalized spacial score (nSPS) is 14.1. The van der Waals surface area contributed by atoms with Crippen molar-refractivity contribution in [2.24, 2.45) is 0 Å². The van der Waals surface area contributed by atoms with E-state index in [1.54, 1.807) is 12.1 Å². The van der Waals surface area contributed by atoms with Gasteiger partial charge in [0.25, 0.3) is 0 Å². The van der Waals surface area contributed by atoms with Crippen molar-refractivity contribution >= 4 is 5.97 Å². The summed E-state index contributed by atoms with van der Waals surface area (Å²) in [5, 5.41) is 9.20. The van der Waals surface area contributed by atoms with E-state index >= 15 is 0 Å². The third-order valence-corrected chi connectivity index (χ3v) is 2.60. The summed E-state index contributed by atoms with van der Waals surface area (Å²) in [5.74, 6) is -1.50. The van der Waals surface area contributed by atoms with Gasteiger partial charge >= 0.3 is 5.97 Å². The number of carbonyl (C=O) groups is 1. The van der Waals surface area contributed by atoms with Gasteiger partial charge in [-0.15, -0.1) is 0 Å². The molecule has 0 amide bonds. The van der Waals surface area contributed by atoms with Gasteiger partial charge in [0.15, 0.2) is 0 Å². The van der Waals surface area contributed by atoms with Crippen LogP contribution >= 0.6 is 0 Å². The Balaban J connectivity index is 2.52. The lowest BCUT2D eigenvalue weighted by molar-refractivity contribution is -0.141. The molecule has 0 bridgehead atoms. The van der Waals surface area contributed by atoms with Crippen molar-refractivity contribution in [1.29, 1.82) is 0 Å². The number of hydrogen-bond donors (Lipinski definition) is 1. The molecule has 0 aliphatic rings. The van der Waals surface area contributed by atoms with Crippen LogP contribution < -0.4 is 0 Å². The second kappa shape index (κ2) is 7.84. The van der Waals surface area contributed by atoms with Crippen LogP contribution in [0.5, 0.6) is 0 Å². The van der Waals surface area contributed by atoms with Gasteiger partial charge in [-0.1, -0.05) is 30.3 Å². The molecule has 0 spiro atoms. The first kappa shape index (κ1) is 14.7. The highest BCUT2D eigenvalue weighted by atomic mass is 16.5. The van der Waals surface area contributed by atoms with E-state index in [1.807, 2.05) is 32.0 Å². The molecule has 1 aromatic carbocycles. The topological polar surface area (TPSA) is 55.8 Å². The zero-order valence-electron chi connectivity index (χ0n) is 10.8. The van der Waals surface area contributed by atoms with E-state index in [4.69, 9.17) is 9.47 Å². The molecule has 2 unspecified atom stereocenters. The van der Waals surface area contributed by atoms with Crippen molar-refractivity contribution < 1.29 is 19.4 Å². The summed E-state index contributed by atoms with van der Waals surface area (Å²) in [4.78, 5) is 11.2. The van der Waals surface area contributed by atoms with E-state index in [1.165, 1.54) is 0 Å². The van der Waals surface area contributed by atoms with E-state index in [9.17, 15) is 9.90 Å². The van der Waals surface area contributed by atoms with Crippen LogP contribution in [0.25, 0.3) is 0 Å². The molecule has 0 aromatic heterocycles. The Hall–Kier alpha value is -1.39. The summed E-state index contributed by atoms with van der Waals surface area (Å²) >= 11 is 0. The molecule has 0 saturated heterocycles. The molecule has 1 rings (SSSR count). The van der Waals surface area contributed by atoms with Crippen LogP contribution in [0.1, 0.15) is 25.3 Å². The predicted molar refractivity (Wildman–Crippen MR) is 68.7 cm³/mol. The fourth-order valence-electron chi connectivity index (χ4n) is 1.59. The first-order chi connectivity index (χ1) is 8.65. The van der Waals surface area contributed by atoms with Crippen LogP contribution in [-0.4, -0.2) is 37.0 Å². The molecule has 2 atom stereocenters. The molecular formula is C14H20O4. The van der Waals surface area contributed by atoms with Crippen molar-refractivity contribution in [3.8, 4) is 0 Å². The number of benzene rings is 1. The molecule has 4 nitrogen and oxygen atoms in total. The summed E-state index contributed by atoms with van der Waals surface area (Å²) in [6.07, 6.45) is -0.101. The molecule has 1 N–H and O–H groups in total. The number of carboxylic acids is 1. The largest absolute Gasteiger partial charge is 0.481 e. The Morgan fingerprint density at radius 1 is 1.28 bits per heavy atom. The Kier molecular flexibility index (Phi) is 6.39. The quantitative estimate of drug-likeness (QED) is 0.771. The summed E-state index contributed by atoms with van der Waals surface area (Å²) in [6, 6.07) is 9.12. The summed E-state index contributed by atoms with van der Waals surface area (Å²) in [7, 11) is 0. The van der Waals surface area contributed by atoms with Gasteiger partial charge in [-0.25, -0.2) is 0 Å². The molecule has 0 saturated carbocycles. The third-order valence-electron chi connectivity index (χ3n) is 2.60. The molecule has 100 valence electrons. The lowest BCUT2D eigenvalue weighted by Gasteiger charge is -2.17. The Labute approximate surface area is 108 Å². The SMILES string of the molecule is CCOCC(C)OCC(C(=O)O)c1ccccc1. The first-order valence-corrected chi connectivity index (χ1v) is 6.12. The van der Waals surface area contributed by atoms with Crippen LogP contribution in [0.4, 0.5) is 0 Å². The maximum atomic E-state index is 11.2. The lowest BCUT2D eigenvalue weighted by Crippen LogP contribution is -2.23. The highest BCUT2D eigenvalue weighted by molar-refractivity contribution is 5.76. The smallest absolute Gasteiger partial charge is 0.313 e. The highest BCUT2D eigenvalue weighted by Crippen LogP contribution is 2.16. The Bertz CT molecular complexity index is 350. The maximum absolute atomic E-state index is 11.2. The fourth-order valence-corrected chi connectivity index (χ4v) is 1.59. The van der Waals surface area contributed by atoms with Crippen molar-refractivity contribution in [1.82, 2.24) is 0 Å². The molecule has 0 aliphatic heterocycles. The average molecular weight is 252 g/mol. The molecule has 0 fully saturated rings. The van der Waals surface area contributed by atoms with Crippen LogP contribution in [-0.2, 0) is 14.3 Å². The van der Waals surface area contributed by atoms with Crippen LogP contribution in [0.15, 0.2) is 30.3 Å². The first-order valence-electron chi connectivity index (χ1n) is 6.12. The minimum atomic E-state index is -0.871.